The van der Waals surface area contributed by atoms with Crippen molar-refractivity contribution in [2.75, 3.05) is 0 Å². The molecule has 2 atom stereocenters. The van der Waals surface area contributed by atoms with E-state index < -0.39 is 29.9 Å². The molecular weight excluding hydrogens is 346 g/mol. The van der Waals surface area contributed by atoms with E-state index in [1.807, 2.05) is 60.7 Å². The molecule has 142 valence electrons. The number of rotatable bonds is 9. The number of nitrogens with one attached hydrogen (secondary N) is 1. The molecule has 7 nitrogen and oxygen atoms in total. The number of amides is 2. The van der Waals surface area contributed by atoms with Gasteiger partial charge in [-0.15, -0.1) is 0 Å². The van der Waals surface area contributed by atoms with Crippen LogP contribution in [-0.2, 0) is 32.1 Å². The highest BCUT2D eigenvalue weighted by Crippen LogP contribution is 2.08. The number of hydrogen-bond acceptors (Lipinski definition) is 5. The van der Waals surface area contributed by atoms with Crippen LogP contribution < -0.4 is 16.8 Å². The Morgan fingerprint density at radius 3 is 2.04 bits per heavy atom. The highest BCUT2D eigenvalue weighted by Gasteiger charge is 2.26. The van der Waals surface area contributed by atoms with Crippen LogP contribution in [0.15, 0.2) is 60.7 Å². The van der Waals surface area contributed by atoms with Gasteiger partial charge in [-0.25, -0.2) is 4.79 Å². The number of primary amides is 1. The van der Waals surface area contributed by atoms with Crippen LogP contribution in [0.5, 0.6) is 0 Å². The molecule has 0 spiro atoms. The first kappa shape index (κ1) is 20.1. The molecule has 0 fully saturated rings. The van der Waals surface area contributed by atoms with Crippen molar-refractivity contribution in [1.29, 1.82) is 0 Å². The predicted molar refractivity (Wildman–Crippen MR) is 100 cm³/mol. The summed E-state index contributed by atoms with van der Waals surface area (Å²) in [6.07, 6.45) is -0.0630. The Labute approximate surface area is 157 Å². The van der Waals surface area contributed by atoms with Crippen LogP contribution in [0.1, 0.15) is 17.5 Å². The van der Waals surface area contributed by atoms with Crippen molar-refractivity contribution in [2.45, 2.75) is 31.5 Å². The minimum Gasteiger partial charge on any atom is -0.459 e. The van der Waals surface area contributed by atoms with Gasteiger partial charge in [0.15, 0.2) is 0 Å². The lowest BCUT2D eigenvalue weighted by Gasteiger charge is -2.20. The summed E-state index contributed by atoms with van der Waals surface area (Å²) in [4.78, 5) is 35.7. The van der Waals surface area contributed by atoms with Gasteiger partial charge in [-0.3, -0.25) is 9.59 Å². The topological polar surface area (TPSA) is 125 Å². The summed E-state index contributed by atoms with van der Waals surface area (Å²) in [7, 11) is 0. The Kier molecular flexibility index (Phi) is 7.51. The highest BCUT2D eigenvalue weighted by molar-refractivity contribution is 5.90. The molecule has 0 heterocycles. The average Bonchev–Trinajstić information content (AvgIpc) is 2.66. The molecule has 0 aliphatic heterocycles. The van der Waals surface area contributed by atoms with Gasteiger partial charge >= 0.3 is 5.97 Å². The van der Waals surface area contributed by atoms with E-state index in [0.717, 1.165) is 11.1 Å². The molecular formula is C20H23N3O4. The minimum atomic E-state index is -1.12. The van der Waals surface area contributed by atoms with Crippen LogP contribution in [0.3, 0.4) is 0 Å². The second-order valence-electron chi connectivity index (χ2n) is 6.12. The first-order valence-corrected chi connectivity index (χ1v) is 8.54. The molecule has 0 saturated carbocycles. The van der Waals surface area contributed by atoms with E-state index in [1.54, 1.807) is 0 Å². The number of ether oxygens (including phenoxy) is 1. The molecule has 2 aromatic carbocycles. The smallest absolute Gasteiger partial charge is 0.329 e. The SMILES string of the molecule is NC(=O)C[C@@H](N)C(=O)N[C@H](Cc1ccccc1)C(=O)OCc1ccccc1. The van der Waals surface area contributed by atoms with Gasteiger partial charge in [0.1, 0.15) is 12.6 Å². The van der Waals surface area contributed by atoms with Crippen molar-refractivity contribution in [2.24, 2.45) is 11.5 Å². The zero-order chi connectivity index (χ0) is 19.6. The van der Waals surface area contributed by atoms with Crippen LogP contribution in [0.4, 0.5) is 0 Å². The molecule has 5 N–H and O–H groups in total. The zero-order valence-electron chi connectivity index (χ0n) is 14.8. The molecule has 0 radical (unpaired) electrons. The van der Waals surface area contributed by atoms with E-state index in [9.17, 15) is 14.4 Å². The van der Waals surface area contributed by atoms with Crippen LogP contribution in [0.25, 0.3) is 0 Å². The van der Waals surface area contributed by atoms with E-state index >= 15 is 0 Å². The van der Waals surface area contributed by atoms with Crippen molar-refractivity contribution in [3.8, 4) is 0 Å². The van der Waals surface area contributed by atoms with Crippen LogP contribution >= 0.6 is 0 Å². The van der Waals surface area contributed by atoms with E-state index in [-0.39, 0.29) is 19.4 Å². The molecule has 2 amide bonds. The monoisotopic (exact) mass is 369 g/mol. The Morgan fingerprint density at radius 1 is 0.926 bits per heavy atom. The van der Waals surface area contributed by atoms with Crippen molar-refractivity contribution in [3.05, 3.63) is 71.8 Å². The summed E-state index contributed by atoms with van der Waals surface area (Å²) in [5.74, 6) is -1.90. The summed E-state index contributed by atoms with van der Waals surface area (Å²) < 4.78 is 5.34. The molecule has 7 heteroatoms. The first-order valence-electron chi connectivity index (χ1n) is 8.54. The van der Waals surface area contributed by atoms with Gasteiger partial charge in [0.05, 0.1) is 12.5 Å². The molecule has 0 saturated heterocycles. The maximum atomic E-state index is 12.5. The normalized spacial score (nSPS) is 12.6. The van der Waals surface area contributed by atoms with Crippen LogP contribution in [-0.4, -0.2) is 29.9 Å². The maximum absolute atomic E-state index is 12.5. The van der Waals surface area contributed by atoms with Crippen LogP contribution in [0, 0.1) is 0 Å². The molecule has 0 bridgehead atoms. The van der Waals surface area contributed by atoms with Gasteiger partial charge in [0.25, 0.3) is 0 Å². The fraction of sp³-hybridized carbons (Fsp3) is 0.250. The van der Waals surface area contributed by atoms with E-state index in [1.165, 1.54) is 0 Å². The number of esters is 1. The quantitative estimate of drug-likeness (QED) is 0.560. The number of nitrogens with two attached hydrogens (primary N) is 2. The highest BCUT2D eigenvalue weighted by atomic mass is 16.5. The summed E-state index contributed by atoms with van der Waals surface area (Å²) in [6.45, 7) is 0.0914. The maximum Gasteiger partial charge on any atom is 0.329 e. The standard InChI is InChI=1S/C20H23N3O4/c21-16(12-18(22)24)19(25)23-17(11-14-7-3-1-4-8-14)20(26)27-13-15-9-5-2-6-10-15/h1-10,16-17H,11-13,21H2,(H2,22,24)(H,23,25)/t16-,17-/m1/s1. The Balaban J connectivity index is 2.04. The third kappa shape index (κ3) is 6.91. The largest absolute Gasteiger partial charge is 0.459 e. The lowest BCUT2D eigenvalue weighted by atomic mass is 10.1. The lowest BCUT2D eigenvalue weighted by Crippen LogP contribution is -2.50. The van der Waals surface area contributed by atoms with Crippen molar-refractivity contribution in [1.82, 2.24) is 5.32 Å². The average molecular weight is 369 g/mol. The number of hydrogen-bond donors (Lipinski definition) is 3. The Bertz CT molecular complexity index is 765. The van der Waals surface area contributed by atoms with Gasteiger partial charge in [-0.05, 0) is 11.1 Å². The first-order chi connectivity index (χ1) is 13.0. The summed E-state index contributed by atoms with van der Waals surface area (Å²) in [5.41, 5.74) is 12.4. The predicted octanol–water partition coefficient (Wildman–Crippen LogP) is 0.660. The van der Waals surface area contributed by atoms with Crippen molar-refractivity contribution >= 4 is 17.8 Å². The lowest BCUT2D eigenvalue weighted by molar-refractivity contribution is -0.149. The second kappa shape index (κ2) is 10.1. The van der Waals surface area contributed by atoms with Crippen LogP contribution in [0.2, 0.25) is 0 Å². The molecule has 0 aliphatic rings. The third-order valence-electron chi connectivity index (χ3n) is 3.87. The molecule has 0 aromatic heterocycles. The minimum absolute atomic E-state index is 0.0914. The number of carbonyl (C=O) groups is 3. The zero-order valence-corrected chi connectivity index (χ0v) is 14.8. The molecule has 2 rings (SSSR count). The summed E-state index contributed by atoms with van der Waals surface area (Å²) >= 11 is 0. The number of benzene rings is 2. The second-order valence-corrected chi connectivity index (χ2v) is 6.12. The van der Waals surface area contributed by atoms with Gasteiger partial charge in [0, 0.05) is 6.42 Å². The molecule has 2 aromatic rings. The van der Waals surface area contributed by atoms with Gasteiger partial charge in [-0.2, -0.15) is 0 Å². The van der Waals surface area contributed by atoms with Gasteiger partial charge in [-0.1, -0.05) is 60.7 Å². The molecule has 27 heavy (non-hydrogen) atoms. The van der Waals surface area contributed by atoms with Crippen molar-refractivity contribution < 1.29 is 19.1 Å². The third-order valence-corrected chi connectivity index (χ3v) is 3.87. The van der Waals surface area contributed by atoms with E-state index in [2.05, 4.69) is 5.32 Å². The van der Waals surface area contributed by atoms with Gasteiger partial charge in [0.2, 0.25) is 11.8 Å². The van der Waals surface area contributed by atoms with Gasteiger partial charge < -0.3 is 21.5 Å². The van der Waals surface area contributed by atoms with Crippen molar-refractivity contribution in [3.63, 3.8) is 0 Å². The number of carbonyl (C=O) groups excluding carboxylic acids is 3. The summed E-state index contributed by atoms with van der Waals surface area (Å²) in [6, 6.07) is 16.4. The molecule has 0 unspecified atom stereocenters. The Morgan fingerprint density at radius 2 is 1.48 bits per heavy atom. The Hall–Kier alpha value is -3.19. The molecule has 0 aliphatic carbocycles. The van der Waals surface area contributed by atoms with E-state index in [4.69, 9.17) is 16.2 Å². The summed E-state index contributed by atoms with van der Waals surface area (Å²) in [5, 5.41) is 2.56. The van der Waals surface area contributed by atoms with E-state index in [0.29, 0.717) is 0 Å². The fourth-order valence-corrected chi connectivity index (χ4v) is 2.46. The fourth-order valence-electron chi connectivity index (χ4n) is 2.46.